The smallest absolute Gasteiger partial charge is 0.251 e. The number of amides is 2. The molecular weight excluding hydrogens is 354 g/mol. The Morgan fingerprint density at radius 2 is 1.65 bits per heavy atom. The number of nitrogens with zero attached hydrogens (tertiary/aromatic N) is 2. The summed E-state index contributed by atoms with van der Waals surface area (Å²) in [7, 11) is -3.61. The third-order valence-corrected chi connectivity index (χ3v) is 6.42. The van der Waals surface area contributed by atoms with E-state index in [1.165, 1.54) is 35.5 Å². The van der Waals surface area contributed by atoms with Gasteiger partial charge in [-0.1, -0.05) is 19.8 Å². The van der Waals surface area contributed by atoms with E-state index < -0.39 is 10.0 Å². The maximum absolute atomic E-state index is 12.7. The van der Waals surface area contributed by atoms with E-state index in [1.807, 2.05) is 0 Å². The minimum atomic E-state index is -3.61. The molecule has 0 unspecified atom stereocenters. The molecule has 144 valence electrons. The van der Waals surface area contributed by atoms with Crippen LogP contribution in [-0.4, -0.2) is 62.2 Å². The fraction of sp³-hybridized carbons (Fsp3) is 0.556. The van der Waals surface area contributed by atoms with Crippen molar-refractivity contribution in [1.29, 1.82) is 0 Å². The largest absolute Gasteiger partial charge is 0.352 e. The van der Waals surface area contributed by atoms with Gasteiger partial charge in [0.2, 0.25) is 15.9 Å². The number of nitrogens with one attached hydrogen (secondary N) is 1. The van der Waals surface area contributed by atoms with E-state index in [1.54, 1.807) is 4.90 Å². The molecule has 1 N–H and O–H groups in total. The van der Waals surface area contributed by atoms with Crippen molar-refractivity contribution in [3.8, 4) is 0 Å². The number of sulfonamides is 1. The summed E-state index contributed by atoms with van der Waals surface area (Å²) in [5.74, 6) is -0.239. The lowest BCUT2D eigenvalue weighted by molar-refractivity contribution is -0.129. The molecule has 0 aliphatic carbocycles. The van der Waals surface area contributed by atoms with Gasteiger partial charge in [0, 0.05) is 45.2 Å². The van der Waals surface area contributed by atoms with E-state index in [-0.39, 0.29) is 29.8 Å². The molecule has 2 amide bonds. The van der Waals surface area contributed by atoms with Crippen LogP contribution >= 0.6 is 0 Å². The Hall–Kier alpha value is -1.93. The third kappa shape index (κ3) is 5.04. The van der Waals surface area contributed by atoms with Crippen molar-refractivity contribution in [1.82, 2.24) is 14.5 Å². The van der Waals surface area contributed by atoms with Crippen LogP contribution in [0.25, 0.3) is 0 Å². The summed E-state index contributed by atoms with van der Waals surface area (Å²) in [4.78, 5) is 25.2. The van der Waals surface area contributed by atoms with Crippen LogP contribution in [-0.2, 0) is 14.8 Å². The van der Waals surface area contributed by atoms with E-state index in [0.717, 1.165) is 19.3 Å². The Balaban J connectivity index is 1.98. The van der Waals surface area contributed by atoms with E-state index >= 15 is 0 Å². The van der Waals surface area contributed by atoms with Crippen LogP contribution in [0, 0.1) is 0 Å². The second-order valence-electron chi connectivity index (χ2n) is 6.40. The molecule has 1 aromatic carbocycles. The highest BCUT2D eigenvalue weighted by molar-refractivity contribution is 7.89. The van der Waals surface area contributed by atoms with Gasteiger partial charge in [-0.2, -0.15) is 4.31 Å². The predicted molar refractivity (Wildman–Crippen MR) is 99.3 cm³/mol. The SMILES string of the molecule is CCCCCNC(=O)c1ccc(S(=O)(=O)N2CCN(C(C)=O)CC2)cc1. The molecule has 0 saturated carbocycles. The molecule has 7 nitrogen and oxygen atoms in total. The van der Waals surface area contributed by atoms with Crippen molar-refractivity contribution in [2.24, 2.45) is 0 Å². The fourth-order valence-electron chi connectivity index (χ4n) is 2.85. The first kappa shape index (κ1) is 20.4. The minimum absolute atomic E-state index is 0.0450. The summed E-state index contributed by atoms with van der Waals surface area (Å²) in [6, 6.07) is 6.00. The molecule has 1 saturated heterocycles. The van der Waals surface area contributed by atoms with Gasteiger partial charge in [0.25, 0.3) is 5.91 Å². The molecule has 8 heteroatoms. The zero-order valence-corrected chi connectivity index (χ0v) is 16.2. The van der Waals surface area contributed by atoms with Crippen LogP contribution in [0.3, 0.4) is 0 Å². The number of hydrogen-bond donors (Lipinski definition) is 1. The van der Waals surface area contributed by atoms with E-state index in [2.05, 4.69) is 12.2 Å². The van der Waals surface area contributed by atoms with Crippen molar-refractivity contribution < 1.29 is 18.0 Å². The summed E-state index contributed by atoms with van der Waals surface area (Å²) in [5.41, 5.74) is 0.446. The Morgan fingerprint density at radius 3 is 2.19 bits per heavy atom. The van der Waals surface area contributed by atoms with Crippen molar-refractivity contribution >= 4 is 21.8 Å². The minimum Gasteiger partial charge on any atom is -0.352 e. The first-order valence-corrected chi connectivity index (χ1v) is 10.4. The van der Waals surface area contributed by atoms with E-state index in [4.69, 9.17) is 0 Å². The maximum Gasteiger partial charge on any atom is 0.251 e. The highest BCUT2D eigenvalue weighted by Crippen LogP contribution is 2.18. The number of rotatable bonds is 7. The summed E-state index contributed by atoms with van der Waals surface area (Å²) in [5, 5.41) is 2.83. The third-order valence-electron chi connectivity index (χ3n) is 4.50. The van der Waals surface area contributed by atoms with Crippen molar-refractivity contribution in [2.75, 3.05) is 32.7 Å². The number of hydrogen-bond acceptors (Lipinski definition) is 4. The van der Waals surface area contributed by atoms with Crippen LogP contribution in [0.15, 0.2) is 29.2 Å². The van der Waals surface area contributed by atoms with Gasteiger partial charge in [0.15, 0.2) is 0 Å². The molecule has 1 aliphatic rings. The van der Waals surface area contributed by atoms with Gasteiger partial charge in [-0.15, -0.1) is 0 Å². The summed E-state index contributed by atoms with van der Waals surface area (Å²) >= 11 is 0. The van der Waals surface area contributed by atoms with Gasteiger partial charge in [0.05, 0.1) is 4.90 Å². The molecule has 1 aromatic rings. The molecule has 1 heterocycles. The van der Waals surface area contributed by atoms with Crippen LogP contribution in [0.2, 0.25) is 0 Å². The second-order valence-corrected chi connectivity index (χ2v) is 8.34. The maximum atomic E-state index is 12.7. The number of benzene rings is 1. The molecule has 0 atom stereocenters. The lowest BCUT2D eigenvalue weighted by atomic mass is 10.2. The molecule has 26 heavy (non-hydrogen) atoms. The Kier molecular flexibility index (Phi) is 7.16. The Bertz CT molecular complexity index is 723. The summed E-state index contributed by atoms with van der Waals surface area (Å²) in [6.07, 6.45) is 3.08. The number of piperazine rings is 1. The first-order chi connectivity index (χ1) is 12.4. The van der Waals surface area contributed by atoms with Crippen LogP contribution < -0.4 is 5.32 Å². The number of carbonyl (C=O) groups is 2. The fourth-order valence-corrected chi connectivity index (χ4v) is 4.27. The highest BCUT2D eigenvalue weighted by atomic mass is 32.2. The average Bonchev–Trinajstić information content (AvgIpc) is 2.65. The van der Waals surface area contributed by atoms with Gasteiger partial charge in [-0.25, -0.2) is 8.42 Å². The molecule has 0 spiro atoms. The van der Waals surface area contributed by atoms with Gasteiger partial charge in [0.1, 0.15) is 0 Å². The highest BCUT2D eigenvalue weighted by Gasteiger charge is 2.29. The lowest BCUT2D eigenvalue weighted by Crippen LogP contribution is -2.49. The van der Waals surface area contributed by atoms with Gasteiger partial charge in [-0.3, -0.25) is 9.59 Å². The number of carbonyl (C=O) groups excluding carboxylic acids is 2. The first-order valence-electron chi connectivity index (χ1n) is 9.00. The van der Waals surface area contributed by atoms with Gasteiger partial charge in [-0.05, 0) is 30.7 Å². The quantitative estimate of drug-likeness (QED) is 0.725. The second kappa shape index (κ2) is 9.14. The normalized spacial score (nSPS) is 15.7. The Labute approximate surface area is 155 Å². The molecule has 2 rings (SSSR count). The topological polar surface area (TPSA) is 86.8 Å². The summed E-state index contributed by atoms with van der Waals surface area (Å²) < 4.78 is 26.8. The van der Waals surface area contributed by atoms with Gasteiger partial charge >= 0.3 is 0 Å². The van der Waals surface area contributed by atoms with Crippen molar-refractivity contribution in [3.63, 3.8) is 0 Å². The molecule has 0 aromatic heterocycles. The van der Waals surface area contributed by atoms with E-state index in [9.17, 15) is 18.0 Å². The molecular formula is C18H27N3O4S. The summed E-state index contributed by atoms with van der Waals surface area (Å²) in [6.45, 7) is 5.55. The lowest BCUT2D eigenvalue weighted by Gasteiger charge is -2.33. The van der Waals surface area contributed by atoms with Crippen LogP contribution in [0.1, 0.15) is 43.5 Å². The van der Waals surface area contributed by atoms with Crippen LogP contribution in [0.5, 0.6) is 0 Å². The molecule has 0 bridgehead atoms. The average molecular weight is 381 g/mol. The van der Waals surface area contributed by atoms with E-state index in [0.29, 0.717) is 25.2 Å². The van der Waals surface area contributed by atoms with Crippen molar-refractivity contribution in [2.45, 2.75) is 38.0 Å². The molecule has 1 fully saturated rings. The molecule has 1 aliphatic heterocycles. The standard InChI is InChI=1S/C18H27N3O4S/c1-3-4-5-10-19-18(23)16-6-8-17(9-7-16)26(24,25)21-13-11-20(12-14-21)15(2)22/h6-9H,3-5,10-14H2,1-2H3,(H,19,23). The van der Waals surface area contributed by atoms with Crippen molar-refractivity contribution in [3.05, 3.63) is 29.8 Å². The van der Waals surface area contributed by atoms with Gasteiger partial charge < -0.3 is 10.2 Å². The molecule has 0 radical (unpaired) electrons. The monoisotopic (exact) mass is 381 g/mol. The Morgan fingerprint density at radius 1 is 1.04 bits per heavy atom. The predicted octanol–water partition coefficient (Wildman–Crippen LogP) is 1.46. The zero-order valence-electron chi connectivity index (χ0n) is 15.4. The zero-order chi connectivity index (χ0) is 19.2. The number of unbranched alkanes of at least 4 members (excludes halogenated alkanes) is 2. The van der Waals surface area contributed by atoms with Crippen LogP contribution in [0.4, 0.5) is 0 Å².